The number of amides is 1. The van der Waals surface area contributed by atoms with E-state index in [0.29, 0.717) is 17.4 Å². The fraction of sp³-hybridized carbons (Fsp3) is 0.238. The summed E-state index contributed by atoms with van der Waals surface area (Å²) in [6.07, 6.45) is 3.41. The lowest BCUT2D eigenvalue weighted by Crippen LogP contribution is -2.35. The van der Waals surface area contributed by atoms with E-state index in [1.54, 1.807) is 22.7 Å². The van der Waals surface area contributed by atoms with Crippen LogP contribution in [0.2, 0.25) is 0 Å². The van der Waals surface area contributed by atoms with Gasteiger partial charge in [0, 0.05) is 34.9 Å². The number of non-ortho nitro benzene ring substituents is 1. The maximum atomic E-state index is 12.7. The molecule has 0 unspecified atom stereocenters. The summed E-state index contributed by atoms with van der Waals surface area (Å²) in [5, 5.41) is 11.2. The number of fused-ring (bicyclic) bond motifs is 1. The van der Waals surface area contributed by atoms with Crippen molar-refractivity contribution in [3.05, 3.63) is 70.3 Å². The van der Waals surface area contributed by atoms with Gasteiger partial charge in [0.2, 0.25) is 0 Å². The largest absolute Gasteiger partial charge is 0.452 e. The van der Waals surface area contributed by atoms with Crippen molar-refractivity contribution >= 4 is 41.1 Å². The SMILES string of the molecule is C[C@H]1CCN(C(=O)COC(=O)/C=C/c2cccc([N+](=O)[O-])c2)c2ccccc2S1. The van der Waals surface area contributed by atoms with Crippen molar-refractivity contribution < 1.29 is 19.2 Å². The number of nitro benzene ring substituents is 1. The Morgan fingerprint density at radius 3 is 2.86 bits per heavy atom. The average molecular weight is 412 g/mol. The van der Waals surface area contributed by atoms with Crippen molar-refractivity contribution in [3.63, 3.8) is 0 Å². The second kappa shape index (κ2) is 9.38. The number of benzene rings is 2. The average Bonchev–Trinajstić information content (AvgIpc) is 2.88. The van der Waals surface area contributed by atoms with Crippen LogP contribution < -0.4 is 4.90 Å². The molecule has 7 nitrogen and oxygen atoms in total. The molecule has 0 aromatic heterocycles. The Hall–Kier alpha value is -3.13. The molecular formula is C21H20N2O5S. The highest BCUT2D eigenvalue weighted by molar-refractivity contribution is 8.00. The van der Waals surface area contributed by atoms with Gasteiger partial charge in [-0.2, -0.15) is 0 Å². The van der Waals surface area contributed by atoms with E-state index in [2.05, 4.69) is 6.92 Å². The Labute approximate surface area is 172 Å². The predicted molar refractivity (Wildman–Crippen MR) is 112 cm³/mol. The molecule has 3 rings (SSSR count). The van der Waals surface area contributed by atoms with Crippen LogP contribution in [0.1, 0.15) is 18.9 Å². The first kappa shape index (κ1) is 20.6. The lowest BCUT2D eigenvalue weighted by Gasteiger charge is -2.22. The molecule has 1 aliphatic rings. The second-order valence-corrected chi connectivity index (χ2v) is 8.00. The van der Waals surface area contributed by atoms with Crippen molar-refractivity contribution in [2.24, 2.45) is 0 Å². The fourth-order valence-electron chi connectivity index (χ4n) is 2.91. The highest BCUT2D eigenvalue weighted by Gasteiger charge is 2.24. The Kier molecular flexibility index (Phi) is 6.66. The number of rotatable bonds is 5. The van der Waals surface area contributed by atoms with Gasteiger partial charge in [-0.25, -0.2) is 4.79 Å². The van der Waals surface area contributed by atoms with Crippen molar-refractivity contribution in [3.8, 4) is 0 Å². The third-order valence-corrected chi connectivity index (χ3v) is 5.61. The Morgan fingerprint density at radius 2 is 2.07 bits per heavy atom. The normalized spacial score (nSPS) is 16.2. The van der Waals surface area contributed by atoms with E-state index in [-0.39, 0.29) is 18.2 Å². The summed E-state index contributed by atoms with van der Waals surface area (Å²) >= 11 is 1.73. The zero-order valence-corrected chi connectivity index (χ0v) is 16.6. The summed E-state index contributed by atoms with van der Waals surface area (Å²) in [5.41, 5.74) is 1.26. The van der Waals surface area contributed by atoms with Gasteiger partial charge in [-0.05, 0) is 30.2 Å². The van der Waals surface area contributed by atoms with Gasteiger partial charge in [-0.1, -0.05) is 31.2 Å². The molecule has 0 radical (unpaired) electrons. The minimum atomic E-state index is -0.685. The maximum absolute atomic E-state index is 12.7. The number of hydrogen-bond donors (Lipinski definition) is 0. The van der Waals surface area contributed by atoms with Crippen molar-refractivity contribution in [2.45, 2.75) is 23.5 Å². The van der Waals surface area contributed by atoms with E-state index in [1.807, 2.05) is 24.3 Å². The Balaban J connectivity index is 1.61. The third kappa shape index (κ3) is 5.45. The molecule has 150 valence electrons. The Morgan fingerprint density at radius 1 is 1.28 bits per heavy atom. The number of para-hydroxylation sites is 1. The maximum Gasteiger partial charge on any atom is 0.331 e. The van der Waals surface area contributed by atoms with Gasteiger partial charge in [0.25, 0.3) is 11.6 Å². The molecule has 2 aromatic rings. The van der Waals surface area contributed by atoms with Crippen LogP contribution in [0.15, 0.2) is 59.5 Å². The number of thioether (sulfide) groups is 1. The molecule has 1 heterocycles. The lowest BCUT2D eigenvalue weighted by atomic mass is 10.2. The number of hydrogen-bond acceptors (Lipinski definition) is 6. The quantitative estimate of drug-likeness (QED) is 0.318. The molecule has 0 N–H and O–H groups in total. The summed E-state index contributed by atoms with van der Waals surface area (Å²) in [6, 6.07) is 13.6. The van der Waals surface area contributed by atoms with E-state index in [9.17, 15) is 19.7 Å². The van der Waals surface area contributed by atoms with Gasteiger partial charge in [0.15, 0.2) is 6.61 Å². The van der Waals surface area contributed by atoms with Gasteiger partial charge in [0.1, 0.15) is 0 Å². The number of nitrogens with zero attached hydrogens (tertiary/aromatic N) is 2. The molecule has 1 aliphatic heterocycles. The van der Waals surface area contributed by atoms with Gasteiger partial charge in [-0.3, -0.25) is 14.9 Å². The molecule has 8 heteroatoms. The van der Waals surface area contributed by atoms with Gasteiger partial charge in [-0.15, -0.1) is 11.8 Å². The molecule has 0 saturated heterocycles. The topological polar surface area (TPSA) is 89.8 Å². The molecular weight excluding hydrogens is 392 g/mol. The minimum absolute atomic E-state index is 0.0670. The standard InChI is InChI=1S/C21H20N2O5S/c1-15-11-12-22(18-7-2-3-8-19(18)29-15)20(24)14-28-21(25)10-9-16-5-4-6-17(13-16)23(26)27/h2-10,13,15H,11-12,14H2,1H3/b10-9+/t15-/m0/s1. The van der Waals surface area contributed by atoms with Crippen molar-refractivity contribution in [1.82, 2.24) is 0 Å². The zero-order valence-electron chi connectivity index (χ0n) is 15.8. The predicted octanol–water partition coefficient (Wildman–Crippen LogP) is 4.07. The number of carbonyl (C=O) groups is 2. The molecule has 0 saturated carbocycles. The Bertz CT molecular complexity index is 960. The fourth-order valence-corrected chi connectivity index (χ4v) is 4.02. The zero-order chi connectivity index (χ0) is 20.8. The molecule has 0 bridgehead atoms. The number of anilines is 1. The molecule has 1 amide bonds. The molecule has 0 spiro atoms. The third-order valence-electron chi connectivity index (χ3n) is 4.38. The van der Waals surface area contributed by atoms with Crippen LogP contribution in [0.3, 0.4) is 0 Å². The number of carbonyl (C=O) groups excluding carboxylic acids is 2. The van der Waals surface area contributed by atoms with E-state index < -0.39 is 10.9 Å². The molecule has 1 atom stereocenters. The first-order chi connectivity index (χ1) is 13.9. The van der Waals surface area contributed by atoms with Crippen LogP contribution >= 0.6 is 11.8 Å². The van der Waals surface area contributed by atoms with Crippen LogP contribution in [0.4, 0.5) is 11.4 Å². The number of ether oxygens (including phenoxy) is 1. The highest BCUT2D eigenvalue weighted by Crippen LogP contribution is 2.37. The first-order valence-electron chi connectivity index (χ1n) is 9.09. The smallest absolute Gasteiger partial charge is 0.331 e. The number of nitro groups is 1. The molecule has 29 heavy (non-hydrogen) atoms. The summed E-state index contributed by atoms with van der Waals surface area (Å²) in [5.74, 6) is -0.972. The summed E-state index contributed by atoms with van der Waals surface area (Å²) in [4.78, 5) is 37.6. The number of esters is 1. The van der Waals surface area contributed by atoms with Crippen molar-refractivity contribution in [2.75, 3.05) is 18.1 Å². The molecule has 2 aromatic carbocycles. The monoisotopic (exact) mass is 412 g/mol. The van der Waals surface area contributed by atoms with E-state index in [1.165, 1.54) is 24.3 Å². The van der Waals surface area contributed by atoms with E-state index >= 15 is 0 Å². The van der Waals surface area contributed by atoms with E-state index in [0.717, 1.165) is 23.1 Å². The summed E-state index contributed by atoms with van der Waals surface area (Å²) in [6.45, 7) is 2.31. The molecule has 0 aliphatic carbocycles. The minimum Gasteiger partial charge on any atom is -0.452 e. The summed E-state index contributed by atoms with van der Waals surface area (Å²) < 4.78 is 5.08. The second-order valence-electron chi connectivity index (χ2n) is 6.52. The van der Waals surface area contributed by atoms with Gasteiger partial charge in [0.05, 0.1) is 10.6 Å². The van der Waals surface area contributed by atoms with Crippen LogP contribution in [0.25, 0.3) is 6.08 Å². The van der Waals surface area contributed by atoms with Gasteiger partial charge < -0.3 is 9.64 Å². The van der Waals surface area contributed by atoms with Crippen molar-refractivity contribution in [1.29, 1.82) is 0 Å². The summed E-state index contributed by atoms with van der Waals surface area (Å²) in [7, 11) is 0. The highest BCUT2D eigenvalue weighted by atomic mass is 32.2. The van der Waals surface area contributed by atoms with Crippen LogP contribution in [0.5, 0.6) is 0 Å². The van der Waals surface area contributed by atoms with Gasteiger partial charge >= 0.3 is 5.97 Å². The molecule has 0 fully saturated rings. The van der Waals surface area contributed by atoms with Crippen LogP contribution in [0, 0.1) is 10.1 Å². The first-order valence-corrected chi connectivity index (χ1v) is 9.97. The van der Waals surface area contributed by atoms with E-state index in [4.69, 9.17) is 4.74 Å². The van der Waals surface area contributed by atoms with Crippen LogP contribution in [-0.2, 0) is 14.3 Å². The lowest BCUT2D eigenvalue weighted by molar-refractivity contribution is -0.384. The van der Waals surface area contributed by atoms with Crippen LogP contribution in [-0.4, -0.2) is 35.2 Å².